The fourth-order valence-corrected chi connectivity index (χ4v) is 3.17. The van der Waals surface area contributed by atoms with E-state index in [0.29, 0.717) is 12.1 Å². The van der Waals surface area contributed by atoms with Crippen molar-refractivity contribution in [1.82, 2.24) is 4.90 Å². The summed E-state index contributed by atoms with van der Waals surface area (Å²) in [5, 5.41) is 10.1. The fourth-order valence-electron chi connectivity index (χ4n) is 3.17. The van der Waals surface area contributed by atoms with Crippen LogP contribution in [0.3, 0.4) is 0 Å². The van der Waals surface area contributed by atoms with Gasteiger partial charge in [0, 0.05) is 19.2 Å². The molecule has 4 nitrogen and oxygen atoms in total. The van der Waals surface area contributed by atoms with Gasteiger partial charge >= 0.3 is 0 Å². The monoisotopic (exact) mass is 271 g/mol. The molecule has 2 aliphatic rings. The van der Waals surface area contributed by atoms with Crippen molar-refractivity contribution in [3.8, 4) is 0 Å². The third kappa shape index (κ3) is 4.71. The molecule has 0 aromatic carbocycles. The van der Waals surface area contributed by atoms with Crippen molar-refractivity contribution in [3.63, 3.8) is 0 Å². The fraction of sp³-hybridized carbons (Fsp3) is 1.00. The van der Waals surface area contributed by atoms with E-state index < -0.39 is 0 Å². The average Bonchev–Trinajstić information content (AvgIpc) is 2.96. The van der Waals surface area contributed by atoms with Crippen LogP contribution in [0.15, 0.2) is 0 Å². The Kier molecular flexibility index (Phi) is 6.57. The van der Waals surface area contributed by atoms with E-state index in [1.54, 1.807) is 0 Å². The zero-order valence-electron chi connectivity index (χ0n) is 12.2. The molecule has 2 rings (SSSR count). The molecule has 0 aromatic rings. The molecule has 2 saturated heterocycles. The topological polar surface area (TPSA) is 41.9 Å². The van der Waals surface area contributed by atoms with Crippen molar-refractivity contribution in [2.75, 3.05) is 32.9 Å². The van der Waals surface area contributed by atoms with E-state index in [1.165, 1.54) is 19.3 Å². The van der Waals surface area contributed by atoms with E-state index in [0.717, 1.165) is 52.2 Å². The molecular weight excluding hydrogens is 242 g/mol. The van der Waals surface area contributed by atoms with Crippen LogP contribution >= 0.6 is 0 Å². The van der Waals surface area contributed by atoms with Crippen molar-refractivity contribution < 1.29 is 14.6 Å². The van der Waals surface area contributed by atoms with Gasteiger partial charge in [0.05, 0.1) is 25.4 Å². The molecule has 0 aromatic heterocycles. The molecule has 19 heavy (non-hydrogen) atoms. The Morgan fingerprint density at radius 1 is 1.32 bits per heavy atom. The van der Waals surface area contributed by atoms with Gasteiger partial charge in [-0.1, -0.05) is 13.3 Å². The molecule has 0 amide bonds. The van der Waals surface area contributed by atoms with Crippen molar-refractivity contribution in [2.24, 2.45) is 0 Å². The van der Waals surface area contributed by atoms with Crippen molar-refractivity contribution >= 4 is 0 Å². The number of likely N-dealkylation sites (tertiary alicyclic amines) is 1. The predicted octanol–water partition coefficient (Wildman–Crippen LogP) is 1.81. The first-order valence-corrected chi connectivity index (χ1v) is 7.92. The molecule has 4 heteroatoms. The molecule has 1 N–H and O–H groups in total. The standard InChI is InChI=1S/C15H29NO3/c1-2-15(17)14-7-3-4-8-16(14)9-11-18-12-13-6-5-10-19-13/h13-15,17H,2-12H2,1H3. The maximum atomic E-state index is 10.1. The lowest BCUT2D eigenvalue weighted by Crippen LogP contribution is -2.47. The van der Waals surface area contributed by atoms with Crippen LogP contribution in [-0.4, -0.2) is 61.2 Å². The van der Waals surface area contributed by atoms with Crippen LogP contribution in [0.5, 0.6) is 0 Å². The molecule has 0 saturated carbocycles. The van der Waals surface area contributed by atoms with E-state index in [9.17, 15) is 5.11 Å². The van der Waals surface area contributed by atoms with Gasteiger partial charge in [0.1, 0.15) is 0 Å². The number of ether oxygens (including phenoxy) is 2. The van der Waals surface area contributed by atoms with Gasteiger partial charge in [-0.05, 0) is 38.6 Å². The van der Waals surface area contributed by atoms with Gasteiger partial charge in [-0.2, -0.15) is 0 Å². The Morgan fingerprint density at radius 2 is 2.21 bits per heavy atom. The van der Waals surface area contributed by atoms with Gasteiger partial charge in [-0.15, -0.1) is 0 Å². The summed E-state index contributed by atoms with van der Waals surface area (Å²) in [6, 6.07) is 0.338. The van der Waals surface area contributed by atoms with E-state index in [2.05, 4.69) is 11.8 Å². The second-order valence-corrected chi connectivity index (χ2v) is 5.78. The van der Waals surface area contributed by atoms with E-state index in [1.807, 2.05) is 0 Å². The van der Waals surface area contributed by atoms with Crippen LogP contribution in [0.1, 0.15) is 45.4 Å². The highest BCUT2D eigenvalue weighted by Gasteiger charge is 2.27. The van der Waals surface area contributed by atoms with Crippen LogP contribution in [0.25, 0.3) is 0 Å². The Bertz CT molecular complexity index is 244. The van der Waals surface area contributed by atoms with E-state index in [-0.39, 0.29) is 6.10 Å². The molecule has 112 valence electrons. The second kappa shape index (κ2) is 8.20. The van der Waals surface area contributed by atoms with Crippen LogP contribution in [-0.2, 0) is 9.47 Å². The highest BCUT2D eigenvalue weighted by atomic mass is 16.5. The van der Waals surface area contributed by atoms with Gasteiger partial charge in [0.25, 0.3) is 0 Å². The first kappa shape index (κ1) is 15.2. The Labute approximate surface area is 117 Å². The summed E-state index contributed by atoms with van der Waals surface area (Å²) in [5.74, 6) is 0. The molecule has 2 fully saturated rings. The van der Waals surface area contributed by atoms with E-state index in [4.69, 9.17) is 9.47 Å². The molecule has 0 radical (unpaired) electrons. The highest BCUT2D eigenvalue weighted by Crippen LogP contribution is 2.21. The lowest BCUT2D eigenvalue weighted by Gasteiger charge is -2.38. The van der Waals surface area contributed by atoms with E-state index >= 15 is 0 Å². The van der Waals surface area contributed by atoms with Crippen molar-refractivity contribution in [2.45, 2.75) is 63.7 Å². The minimum atomic E-state index is -0.182. The molecular formula is C15H29NO3. The number of nitrogens with zero attached hydrogens (tertiary/aromatic N) is 1. The van der Waals surface area contributed by atoms with Crippen molar-refractivity contribution in [1.29, 1.82) is 0 Å². The van der Waals surface area contributed by atoms with Crippen LogP contribution < -0.4 is 0 Å². The summed E-state index contributed by atoms with van der Waals surface area (Å²) in [6.45, 7) is 6.48. The maximum absolute atomic E-state index is 10.1. The summed E-state index contributed by atoms with van der Waals surface area (Å²) in [4.78, 5) is 2.41. The zero-order valence-corrected chi connectivity index (χ0v) is 12.2. The molecule has 0 spiro atoms. The molecule has 3 atom stereocenters. The van der Waals surface area contributed by atoms with Crippen molar-refractivity contribution in [3.05, 3.63) is 0 Å². The Balaban J connectivity index is 1.64. The number of rotatable bonds is 7. The minimum Gasteiger partial charge on any atom is -0.392 e. The Hall–Kier alpha value is -0.160. The number of aliphatic hydroxyl groups excluding tert-OH is 1. The van der Waals surface area contributed by atoms with Crippen LogP contribution in [0.2, 0.25) is 0 Å². The highest BCUT2D eigenvalue weighted by molar-refractivity contribution is 4.82. The zero-order chi connectivity index (χ0) is 13.5. The Morgan fingerprint density at radius 3 is 2.95 bits per heavy atom. The summed E-state index contributed by atoms with van der Waals surface area (Å²) >= 11 is 0. The predicted molar refractivity (Wildman–Crippen MR) is 75.3 cm³/mol. The quantitative estimate of drug-likeness (QED) is 0.717. The first-order chi connectivity index (χ1) is 9.31. The van der Waals surface area contributed by atoms with Crippen LogP contribution in [0.4, 0.5) is 0 Å². The number of hydrogen-bond acceptors (Lipinski definition) is 4. The van der Waals surface area contributed by atoms with Crippen LogP contribution in [0, 0.1) is 0 Å². The largest absolute Gasteiger partial charge is 0.392 e. The third-order valence-electron chi connectivity index (χ3n) is 4.38. The van der Waals surface area contributed by atoms with Gasteiger partial charge in [0.2, 0.25) is 0 Å². The third-order valence-corrected chi connectivity index (χ3v) is 4.38. The van der Waals surface area contributed by atoms with Gasteiger partial charge < -0.3 is 14.6 Å². The normalized spacial score (nSPS) is 30.6. The summed E-state index contributed by atoms with van der Waals surface area (Å²) < 4.78 is 11.3. The lowest BCUT2D eigenvalue weighted by molar-refractivity contribution is -0.0151. The van der Waals surface area contributed by atoms with Gasteiger partial charge in [-0.25, -0.2) is 0 Å². The average molecular weight is 271 g/mol. The summed E-state index contributed by atoms with van der Waals surface area (Å²) in [7, 11) is 0. The molecule has 3 unspecified atom stereocenters. The SMILES string of the molecule is CCC(O)C1CCCCN1CCOCC1CCCO1. The number of hydrogen-bond donors (Lipinski definition) is 1. The second-order valence-electron chi connectivity index (χ2n) is 5.78. The molecule has 2 aliphatic heterocycles. The molecule has 2 heterocycles. The first-order valence-electron chi connectivity index (χ1n) is 7.92. The molecule has 0 bridgehead atoms. The lowest BCUT2D eigenvalue weighted by atomic mass is 9.96. The summed E-state index contributed by atoms with van der Waals surface area (Å²) in [6.07, 6.45) is 6.91. The molecule has 0 aliphatic carbocycles. The van der Waals surface area contributed by atoms with Gasteiger partial charge in [-0.3, -0.25) is 4.90 Å². The maximum Gasteiger partial charge on any atom is 0.0809 e. The smallest absolute Gasteiger partial charge is 0.0809 e. The van der Waals surface area contributed by atoms with Gasteiger partial charge in [0.15, 0.2) is 0 Å². The minimum absolute atomic E-state index is 0.182. The summed E-state index contributed by atoms with van der Waals surface area (Å²) in [5.41, 5.74) is 0. The number of piperidine rings is 1. The number of aliphatic hydroxyl groups is 1.